The zero-order valence-corrected chi connectivity index (χ0v) is 17.3. The molecule has 0 unspecified atom stereocenters. The fraction of sp³-hybridized carbons (Fsp3) is 0.450. The number of halogens is 4. The number of alkyl halides is 3. The molecule has 2 aliphatic heterocycles. The summed E-state index contributed by atoms with van der Waals surface area (Å²) in [5.41, 5.74) is 0.111. The highest BCUT2D eigenvalue weighted by atomic mass is 19.4. The number of amides is 1. The number of rotatable bonds is 2. The first-order valence-electron chi connectivity index (χ1n) is 10.2. The summed E-state index contributed by atoms with van der Waals surface area (Å²) in [6, 6.07) is 2.01. The van der Waals surface area contributed by atoms with Gasteiger partial charge in [0, 0.05) is 30.0 Å². The van der Waals surface area contributed by atoms with E-state index in [0.29, 0.717) is 19.4 Å². The summed E-state index contributed by atoms with van der Waals surface area (Å²) in [7, 11) is 0. The second kappa shape index (κ2) is 7.81. The van der Waals surface area contributed by atoms with Crippen molar-refractivity contribution in [1.29, 1.82) is 0 Å². The Morgan fingerprint density at radius 2 is 2.09 bits per heavy atom. The molecule has 5 rings (SSSR count). The molecule has 3 aromatic rings. The van der Waals surface area contributed by atoms with Crippen LogP contribution in [0.1, 0.15) is 30.6 Å². The fourth-order valence-corrected chi connectivity index (χ4v) is 4.09. The largest absolute Gasteiger partial charge is 0.491 e. The maximum absolute atomic E-state index is 15.1. The van der Waals surface area contributed by atoms with Gasteiger partial charge in [-0.2, -0.15) is 18.2 Å². The quantitative estimate of drug-likeness (QED) is 0.536. The zero-order valence-electron chi connectivity index (χ0n) is 17.3. The van der Waals surface area contributed by atoms with Crippen molar-refractivity contribution >= 4 is 5.91 Å². The highest BCUT2D eigenvalue weighted by Gasteiger charge is 2.39. The van der Waals surface area contributed by atoms with E-state index in [9.17, 15) is 18.0 Å². The minimum absolute atomic E-state index is 0.0236. The maximum atomic E-state index is 15.1. The van der Waals surface area contributed by atoms with Gasteiger partial charge in [0.05, 0.1) is 12.6 Å². The zero-order chi connectivity index (χ0) is 23.3. The van der Waals surface area contributed by atoms with Crippen LogP contribution in [0.25, 0.3) is 11.4 Å². The first-order valence-corrected chi connectivity index (χ1v) is 10.2. The van der Waals surface area contributed by atoms with E-state index in [0.717, 1.165) is 11.9 Å². The molecule has 1 aromatic carbocycles. The number of benzene rings is 1. The Kier molecular flexibility index (Phi) is 5.05. The number of carbonyl (C=O) groups excluding carboxylic acids is 1. The van der Waals surface area contributed by atoms with Crippen molar-refractivity contribution in [2.45, 2.75) is 45.1 Å². The second-order valence-corrected chi connectivity index (χ2v) is 8.11. The molecule has 0 aliphatic carbocycles. The first-order chi connectivity index (χ1) is 15.7. The van der Waals surface area contributed by atoms with Crippen LogP contribution < -0.4 is 4.74 Å². The topological polar surface area (TPSA) is 99.2 Å². The summed E-state index contributed by atoms with van der Waals surface area (Å²) in [5.74, 6) is -2.28. The Hall–Kier alpha value is -3.51. The third kappa shape index (κ3) is 3.91. The summed E-state index contributed by atoms with van der Waals surface area (Å²) in [6.45, 7) is 2.47. The maximum Gasteiger partial charge on any atom is 0.471 e. The predicted molar refractivity (Wildman–Crippen MR) is 102 cm³/mol. The van der Waals surface area contributed by atoms with Gasteiger partial charge in [0.2, 0.25) is 11.7 Å². The van der Waals surface area contributed by atoms with Crippen molar-refractivity contribution < 1.29 is 31.6 Å². The van der Waals surface area contributed by atoms with Crippen LogP contribution >= 0.6 is 0 Å². The second-order valence-electron chi connectivity index (χ2n) is 8.11. The van der Waals surface area contributed by atoms with E-state index in [1.807, 2.05) is 4.57 Å². The molecule has 0 N–H and O–H groups in total. The Morgan fingerprint density at radius 1 is 1.27 bits per heavy atom. The summed E-state index contributed by atoms with van der Waals surface area (Å²) in [6.07, 6.45) is -2.13. The number of hydrogen-bond acceptors (Lipinski definition) is 7. The van der Waals surface area contributed by atoms with Crippen molar-refractivity contribution in [2.75, 3.05) is 6.61 Å². The first kappa shape index (κ1) is 21.3. The van der Waals surface area contributed by atoms with Gasteiger partial charge < -0.3 is 18.7 Å². The molecule has 13 heteroatoms. The monoisotopic (exact) mass is 466 g/mol. The average Bonchev–Trinajstić information content (AvgIpc) is 3.42. The molecule has 9 nitrogen and oxygen atoms in total. The van der Waals surface area contributed by atoms with Gasteiger partial charge in [-0.15, -0.1) is 10.2 Å². The average molecular weight is 466 g/mol. The lowest BCUT2D eigenvalue weighted by Gasteiger charge is -2.32. The minimum atomic E-state index is -4.81. The number of carbonyl (C=O) groups is 1. The highest BCUT2D eigenvalue weighted by molar-refractivity contribution is 5.80. The van der Waals surface area contributed by atoms with Gasteiger partial charge in [0.25, 0.3) is 0 Å². The van der Waals surface area contributed by atoms with E-state index in [4.69, 9.17) is 4.74 Å². The third-order valence-electron chi connectivity index (χ3n) is 5.90. The van der Waals surface area contributed by atoms with E-state index in [1.165, 1.54) is 6.07 Å². The van der Waals surface area contributed by atoms with Gasteiger partial charge in [-0.25, -0.2) is 4.39 Å². The standard InChI is InChI=1S/C20H18F4N6O3/c1-10-8-32-15-5-12(17-26-19(33-28-17)20(22,23)24)4-14(21)13(15)7-30(10)18(31)11-2-3-29-9-25-27-16(29)6-11/h4-5,9-11H,2-3,6-8H2,1H3/t10-,11+/m0/s1. The number of ether oxygens (including phenoxy) is 1. The minimum Gasteiger partial charge on any atom is -0.491 e. The van der Waals surface area contributed by atoms with Crippen LogP contribution in [0.2, 0.25) is 0 Å². The number of fused-ring (bicyclic) bond motifs is 2. The van der Waals surface area contributed by atoms with Gasteiger partial charge in [0.1, 0.15) is 30.3 Å². The van der Waals surface area contributed by atoms with E-state index in [-0.39, 0.29) is 47.9 Å². The normalized spacial score (nSPS) is 20.6. The lowest BCUT2D eigenvalue weighted by molar-refractivity contribution is -0.159. The van der Waals surface area contributed by atoms with E-state index in [2.05, 4.69) is 24.9 Å². The fourth-order valence-electron chi connectivity index (χ4n) is 4.09. The molecule has 174 valence electrons. The number of hydrogen-bond donors (Lipinski definition) is 0. The SMILES string of the molecule is C[C@H]1COc2cc(-c3noc(C(F)(F)F)n3)cc(F)c2CN1C(=O)[C@@H]1CCn2cnnc2C1. The van der Waals surface area contributed by atoms with Gasteiger partial charge in [0.15, 0.2) is 0 Å². The highest BCUT2D eigenvalue weighted by Crippen LogP contribution is 2.35. The molecule has 0 spiro atoms. The van der Waals surface area contributed by atoms with Gasteiger partial charge in [-0.05, 0) is 25.5 Å². The predicted octanol–water partition coefficient (Wildman–Crippen LogP) is 2.86. The molecule has 0 saturated carbocycles. The molecule has 1 amide bonds. The van der Waals surface area contributed by atoms with Gasteiger partial charge in [-0.3, -0.25) is 4.79 Å². The van der Waals surface area contributed by atoms with Crippen LogP contribution in [0.5, 0.6) is 5.75 Å². The van der Waals surface area contributed by atoms with Gasteiger partial charge >= 0.3 is 12.1 Å². The summed E-state index contributed by atoms with van der Waals surface area (Å²) in [4.78, 5) is 18.2. The van der Waals surface area contributed by atoms with Gasteiger partial charge in [-0.1, -0.05) is 5.16 Å². The molecule has 0 fully saturated rings. The molecule has 2 atom stereocenters. The van der Waals surface area contributed by atoms with E-state index >= 15 is 4.39 Å². The van der Waals surface area contributed by atoms with Crippen LogP contribution in [0, 0.1) is 11.7 Å². The molecule has 0 bridgehead atoms. The summed E-state index contributed by atoms with van der Waals surface area (Å²) < 4.78 is 65.2. The number of aromatic nitrogens is 5. The lowest BCUT2D eigenvalue weighted by atomic mass is 9.95. The molecule has 2 aliphatic rings. The van der Waals surface area contributed by atoms with Crippen molar-refractivity contribution in [3.05, 3.63) is 41.6 Å². The van der Waals surface area contributed by atoms with E-state index < -0.39 is 23.7 Å². The number of aryl methyl sites for hydroxylation is 1. The van der Waals surface area contributed by atoms with Crippen LogP contribution in [0.3, 0.4) is 0 Å². The van der Waals surface area contributed by atoms with Crippen LogP contribution in [0.15, 0.2) is 23.0 Å². The van der Waals surface area contributed by atoms with Crippen LogP contribution in [-0.2, 0) is 30.5 Å². The molecule has 0 saturated heterocycles. The van der Waals surface area contributed by atoms with E-state index in [1.54, 1.807) is 18.2 Å². The molecule has 4 heterocycles. The molecular formula is C20H18F4N6O3. The van der Waals surface area contributed by atoms with Crippen LogP contribution in [-0.4, -0.2) is 48.4 Å². The molecule has 2 aromatic heterocycles. The molecule has 33 heavy (non-hydrogen) atoms. The Labute approximate surface area is 184 Å². The Morgan fingerprint density at radius 3 is 2.85 bits per heavy atom. The Bertz CT molecular complexity index is 1210. The summed E-state index contributed by atoms with van der Waals surface area (Å²) in [5, 5.41) is 11.2. The summed E-state index contributed by atoms with van der Waals surface area (Å²) >= 11 is 0. The van der Waals surface area contributed by atoms with Crippen molar-refractivity contribution in [3.63, 3.8) is 0 Å². The molecule has 0 radical (unpaired) electrons. The Balaban J connectivity index is 1.41. The number of nitrogens with zero attached hydrogens (tertiary/aromatic N) is 6. The van der Waals surface area contributed by atoms with Crippen molar-refractivity contribution in [3.8, 4) is 17.1 Å². The van der Waals surface area contributed by atoms with Crippen molar-refractivity contribution in [2.24, 2.45) is 5.92 Å². The van der Waals surface area contributed by atoms with Crippen molar-refractivity contribution in [1.82, 2.24) is 29.8 Å². The third-order valence-corrected chi connectivity index (χ3v) is 5.90. The smallest absolute Gasteiger partial charge is 0.471 e. The lowest BCUT2D eigenvalue weighted by Crippen LogP contribution is -2.44. The van der Waals surface area contributed by atoms with Crippen LogP contribution in [0.4, 0.5) is 17.6 Å². The molecular weight excluding hydrogens is 448 g/mol.